The summed E-state index contributed by atoms with van der Waals surface area (Å²) in [6.45, 7) is 2.88. The van der Waals surface area contributed by atoms with Crippen molar-refractivity contribution < 1.29 is 16.8 Å². The maximum atomic E-state index is 12.5. The van der Waals surface area contributed by atoms with Crippen LogP contribution in [0.4, 0.5) is 0 Å². The molecule has 1 aliphatic heterocycles. The van der Waals surface area contributed by atoms with Gasteiger partial charge < -0.3 is 0 Å². The van der Waals surface area contributed by atoms with Crippen molar-refractivity contribution in [1.82, 2.24) is 8.61 Å². The molecule has 0 atom stereocenters. The minimum absolute atomic E-state index is 0.0524. The lowest BCUT2D eigenvalue weighted by Crippen LogP contribution is -2.38. The van der Waals surface area contributed by atoms with E-state index in [4.69, 9.17) is 0 Å². The van der Waals surface area contributed by atoms with Crippen LogP contribution >= 0.6 is 0 Å². The summed E-state index contributed by atoms with van der Waals surface area (Å²) >= 11 is 0. The fourth-order valence-electron chi connectivity index (χ4n) is 2.84. The Balaban J connectivity index is 1.90. The van der Waals surface area contributed by atoms with Crippen molar-refractivity contribution >= 4 is 20.0 Å². The molecular formula is C16H26N2O4S2. The van der Waals surface area contributed by atoms with Gasteiger partial charge in [0, 0.05) is 26.2 Å². The van der Waals surface area contributed by atoms with Gasteiger partial charge in [-0.15, -0.1) is 0 Å². The van der Waals surface area contributed by atoms with E-state index in [0.717, 1.165) is 12.0 Å². The van der Waals surface area contributed by atoms with Gasteiger partial charge in [-0.25, -0.2) is 25.4 Å². The molecule has 0 spiro atoms. The first-order valence-corrected chi connectivity index (χ1v) is 11.6. The summed E-state index contributed by atoms with van der Waals surface area (Å²) in [5, 5.41) is 0. The Morgan fingerprint density at radius 1 is 0.875 bits per heavy atom. The van der Waals surface area contributed by atoms with Gasteiger partial charge in [-0.2, -0.15) is 0 Å². The van der Waals surface area contributed by atoms with Crippen LogP contribution in [0.25, 0.3) is 0 Å². The average Bonchev–Trinajstić information content (AvgIpc) is 2.83. The van der Waals surface area contributed by atoms with Crippen LogP contribution in [0.15, 0.2) is 30.3 Å². The Hall–Kier alpha value is -0.960. The van der Waals surface area contributed by atoms with Gasteiger partial charge in [0.1, 0.15) is 0 Å². The highest BCUT2D eigenvalue weighted by atomic mass is 32.2. The number of benzene rings is 1. The normalized spacial score (nSPS) is 18.4. The number of hydrogen-bond donors (Lipinski definition) is 0. The van der Waals surface area contributed by atoms with Crippen molar-refractivity contribution in [1.29, 1.82) is 0 Å². The fraction of sp³-hybridized carbons (Fsp3) is 0.625. The minimum Gasteiger partial charge on any atom is -0.212 e. The molecule has 2 rings (SSSR count). The zero-order valence-corrected chi connectivity index (χ0v) is 15.7. The third kappa shape index (κ3) is 5.27. The SMILES string of the molecule is CCS(=O)(=O)N1CCCN(S(=O)(=O)CCCc2ccccc2)CC1. The molecule has 1 aliphatic rings. The Kier molecular flexibility index (Phi) is 6.79. The van der Waals surface area contributed by atoms with Gasteiger partial charge in [-0.05, 0) is 31.7 Å². The molecular weight excluding hydrogens is 348 g/mol. The zero-order valence-electron chi connectivity index (χ0n) is 14.1. The summed E-state index contributed by atoms with van der Waals surface area (Å²) in [6, 6.07) is 9.81. The van der Waals surface area contributed by atoms with Crippen LogP contribution in [0.2, 0.25) is 0 Å². The summed E-state index contributed by atoms with van der Waals surface area (Å²) in [5.74, 6) is 0.152. The van der Waals surface area contributed by atoms with Gasteiger partial charge >= 0.3 is 0 Å². The number of nitrogens with zero attached hydrogens (tertiary/aromatic N) is 2. The Bertz CT molecular complexity index is 718. The highest BCUT2D eigenvalue weighted by Gasteiger charge is 2.28. The molecule has 1 aromatic carbocycles. The van der Waals surface area contributed by atoms with Crippen LogP contribution in [-0.2, 0) is 26.5 Å². The average molecular weight is 375 g/mol. The van der Waals surface area contributed by atoms with Crippen LogP contribution < -0.4 is 0 Å². The fourth-order valence-corrected chi connectivity index (χ4v) is 5.51. The molecule has 8 heteroatoms. The molecule has 1 saturated heterocycles. The largest absolute Gasteiger partial charge is 0.214 e. The van der Waals surface area contributed by atoms with E-state index in [2.05, 4.69) is 0 Å². The van der Waals surface area contributed by atoms with Crippen molar-refractivity contribution in [3.05, 3.63) is 35.9 Å². The molecule has 1 fully saturated rings. The van der Waals surface area contributed by atoms with Crippen LogP contribution in [0.3, 0.4) is 0 Å². The molecule has 0 saturated carbocycles. The Morgan fingerprint density at radius 3 is 2.04 bits per heavy atom. The van der Waals surface area contributed by atoms with E-state index in [1.54, 1.807) is 6.92 Å². The highest BCUT2D eigenvalue weighted by molar-refractivity contribution is 7.89. The minimum atomic E-state index is -3.34. The maximum Gasteiger partial charge on any atom is 0.214 e. The molecule has 0 N–H and O–H groups in total. The van der Waals surface area contributed by atoms with Crippen molar-refractivity contribution in [2.24, 2.45) is 0 Å². The van der Waals surface area contributed by atoms with Gasteiger partial charge in [0.05, 0.1) is 11.5 Å². The summed E-state index contributed by atoms with van der Waals surface area (Å²) in [5.41, 5.74) is 1.13. The van der Waals surface area contributed by atoms with E-state index in [-0.39, 0.29) is 24.6 Å². The molecule has 1 heterocycles. The zero-order chi connectivity index (χ0) is 17.6. The quantitative estimate of drug-likeness (QED) is 0.721. The summed E-state index contributed by atoms with van der Waals surface area (Å²) in [6.07, 6.45) is 1.83. The second-order valence-electron chi connectivity index (χ2n) is 5.96. The van der Waals surface area contributed by atoms with Gasteiger partial charge in [0.25, 0.3) is 0 Å². The van der Waals surface area contributed by atoms with Crippen molar-refractivity contribution in [2.45, 2.75) is 26.2 Å². The molecule has 0 bridgehead atoms. The summed E-state index contributed by atoms with van der Waals surface area (Å²) < 4.78 is 51.8. The van der Waals surface area contributed by atoms with Crippen LogP contribution in [-0.4, -0.2) is 63.1 Å². The Morgan fingerprint density at radius 2 is 1.46 bits per heavy atom. The molecule has 24 heavy (non-hydrogen) atoms. The van der Waals surface area contributed by atoms with E-state index in [1.165, 1.54) is 8.61 Å². The van der Waals surface area contributed by atoms with Crippen LogP contribution in [0.5, 0.6) is 0 Å². The lowest BCUT2D eigenvalue weighted by molar-refractivity contribution is 0.404. The van der Waals surface area contributed by atoms with E-state index in [9.17, 15) is 16.8 Å². The Labute approximate surface area is 145 Å². The number of hydrogen-bond acceptors (Lipinski definition) is 4. The lowest BCUT2D eigenvalue weighted by Gasteiger charge is -2.21. The molecule has 0 amide bonds. The first-order valence-electron chi connectivity index (χ1n) is 8.35. The third-order valence-electron chi connectivity index (χ3n) is 4.28. The number of aryl methyl sites for hydroxylation is 1. The lowest BCUT2D eigenvalue weighted by atomic mass is 10.1. The third-order valence-corrected chi connectivity index (χ3v) is 8.11. The molecule has 0 radical (unpaired) electrons. The van der Waals surface area contributed by atoms with E-state index >= 15 is 0 Å². The topological polar surface area (TPSA) is 74.8 Å². The highest BCUT2D eigenvalue weighted by Crippen LogP contribution is 2.13. The molecule has 136 valence electrons. The molecule has 6 nitrogen and oxygen atoms in total. The van der Waals surface area contributed by atoms with Crippen molar-refractivity contribution in [3.63, 3.8) is 0 Å². The van der Waals surface area contributed by atoms with Crippen molar-refractivity contribution in [3.8, 4) is 0 Å². The second-order valence-corrected chi connectivity index (χ2v) is 10.3. The molecule has 0 aromatic heterocycles. The maximum absolute atomic E-state index is 12.5. The first-order chi connectivity index (χ1) is 11.3. The van der Waals surface area contributed by atoms with Gasteiger partial charge in [0.2, 0.25) is 20.0 Å². The first kappa shape index (κ1) is 19.4. The van der Waals surface area contributed by atoms with E-state index < -0.39 is 20.0 Å². The second kappa shape index (κ2) is 8.42. The number of rotatable bonds is 7. The van der Waals surface area contributed by atoms with Gasteiger partial charge in [-0.1, -0.05) is 30.3 Å². The van der Waals surface area contributed by atoms with Crippen LogP contribution in [0.1, 0.15) is 25.3 Å². The van der Waals surface area contributed by atoms with Crippen LogP contribution in [0, 0.1) is 0 Å². The van der Waals surface area contributed by atoms with Gasteiger partial charge in [0.15, 0.2) is 0 Å². The summed E-state index contributed by atoms with van der Waals surface area (Å²) in [7, 11) is -6.60. The van der Waals surface area contributed by atoms with E-state index in [0.29, 0.717) is 25.9 Å². The predicted octanol–water partition coefficient (Wildman–Crippen LogP) is 1.31. The van der Waals surface area contributed by atoms with Crippen molar-refractivity contribution in [2.75, 3.05) is 37.7 Å². The molecule has 0 unspecified atom stereocenters. The molecule has 1 aromatic rings. The van der Waals surface area contributed by atoms with E-state index in [1.807, 2.05) is 30.3 Å². The smallest absolute Gasteiger partial charge is 0.212 e. The number of sulfonamides is 2. The monoisotopic (exact) mass is 374 g/mol. The molecule has 0 aliphatic carbocycles. The standard InChI is InChI=1S/C16H26N2O4S2/c1-2-23(19,20)17-11-7-12-18(14-13-17)24(21,22)15-6-10-16-8-4-3-5-9-16/h3-5,8-9H,2,6-7,10-15H2,1H3. The van der Waals surface area contributed by atoms with Gasteiger partial charge in [-0.3, -0.25) is 0 Å². The summed E-state index contributed by atoms with van der Waals surface area (Å²) in [4.78, 5) is 0. The predicted molar refractivity (Wildman–Crippen MR) is 95.8 cm³/mol.